The smallest absolute Gasteiger partial charge is 0.343 e. The fraction of sp³-hybridized carbons (Fsp3) is 0.0870. The minimum absolute atomic E-state index is 0.290. The molecule has 0 aliphatic heterocycles. The summed E-state index contributed by atoms with van der Waals surface area (Å²) in [5.74, 6) is 0.529. The van der Waals surface area contributed by atoms with E-state index < -0.39 is 5.97 Å². The van der Waals surface area contributed by atoms with Gasteiger partial charge in [0.05, 0.1) is 31.6 Å². The van der Waals surface area contributed by atoms with Crippen LogP contribution in [0, 0.1) is 3.57 Å². The highest BCUT2D eigenvalue weighted by molar-refractivity contribution is 14.1. The van der Waals surface area contributed by atoms with Crippen molar-refractivity contribution in [3.05, 3.63) is 87.0 Å². The fourth-order valence-corrected chi connectivity index (χ4v) is 3.25. The average Bonchev–Trinajstić information content (AvgIpc) is 2.79. The van der Waals surface area contributed by atoms with E-state index in [2.05, 4.69) is 33.1 Å². The summed E-state index contributed by atoms with van der Waals surface area (Å²) < 4.78 is 16.6. The molecule has 0 saturated heterocycles. The summed E-state index contributed by atoms with van der Waals surface area (Å²) >= 11 is 2.10. The molecule has 0 aliphatic rings. The molecule has 0 radical (unpaired) electrons. The lowest BCUT2D eigenvalue weighted by Gasteiger charge is -2.09. The van der Waals surface area contributed by atoms with E-state index in [0.29, 0.717) is 28.4 Å². The molecular formula is C23H19IN2O5. The molecule has 8 heteroatoms. The van der Waals surface area contributed by atoms with Crippen LogP contribution in [-0.4, -0.2) is 32.3 Å². The molecule has 0 fully saturated rings. The third-order valence-electron chi connectivity index (χ3n) is 4.21. The highest BCUT2D eigenvalue weighted by atomic mass is 127. The molecule has 158 valence electrons. The van der Waals surface area contributed by atoms with Gasteiger partial charge in [0.1, 0.15) is 5.75 Å². The number of hydrazone groups is 1. The van der Waals surface area contributed by atoms with E-state index in [1.54, 1.807) is 54.6 Å². The SMILES string of the molecule is COc1ccc(C(=O)Oc2ccc(C=NNC(=O)c3ccccc3I)cc2)cc1OC. The Bertz CT molecular complexity index is 1110. The van der Waals surface area contributed by atoms with Crippen LogP contribution in [0.2, 0.25) is 0 Å². The molecule has 0 aromatic heterocycles. The van der Waals surface area contributed by atoms with Crippen molar-refractivity contribution in [3.63, 3.8) is 0 Å². The minimum atomic E-state index is -0.521. The van der Waals surface area contributed by atoms with Gasteiger partial charge in [-0.3, -0.25) is 4.79 Å². The Kier molecular flexibility index (Phi) is 7.60. The Morgan fingerprint density at radius 2 is 1.65 bits per heavy atom. The highest BCUT2D eigenvalue weighted by Gasteiger charge is 2.13. The first-order valence-electron chi connectivity index (χ1n) is 9.14. The van der Waals surface area contributed by atoms with Gasteiger partial charge >= 0.3 is 5.97 Å². The normalized spacial score (nSPS) is 10.5. The van der Waals surface area contributed by atoms with Gasteiger partial charge in [0.2, 0.25) is 0 Å². The molecule has 31 heavy (non-hydrogen) atoms. The highest BCUT2D eigenvalue weighted by Crippen LogP contribution is 2.28. The van der Waals surface area contributed by atoms with E-state index in [9.17, 15) is 9.59 Å². The van der Waals surface area contributed by atoms with Gasteiger partial charge < -0.3 is 14.2 Å². The summed E-state index contributed by atoms with van der Waals surface area (Å²) in [6, 6.07) is 18.8. The Hall–Kier alpha value is -3.40. The largest absolute Gasteiger partial charge is 0.493 e. The topological polar surface area (TPSA) is 86.2 Å². The van der Waals surface area contributed by atoms with Crippen molar-refractivity contribution >= 4 is 40.7 Å². The molecule has 3 aromatic carbocycles. The summed E-state index contributed by atoms with van der Waals surface area (Å²) in [7, 11) is 3.02. The maximum atomic E-state index is 12.4. The summed E-state index contributed by atoms with van der Waals surface area (Å²) in [6.07, 6.45) is 1.51. The quantitative estimate of drug-likeness (QED) is 0.162. The van der Waals surface area contributed by atoms with Gasteiger partial charge in [0, 0.05) is 3.57 Å². The van der Waals surface area contributed by atoms with Crippen LogP contribution in [0.4, 0.5) is 0 Å². The number of hydrogen-bond donors (Lipinski definition) is 1. The molecule has 3 aromatic rings. The summed E-state index contributed by atoms with van der Waals surface area (Å²) in [4.78, 5) is 24.5. The van der Waals surface area contributed by atoms with Gasteiger partial charge in [-0.1, -0.05) is 12.1 Å². The number of hydrogen-bond acceptors (Lipinski definition) is 6. The van der Waals surface area contributed by atoms with Gasteiger partial charge in [-0.25, -0.2) is 10.2 Å². The Balaban J connectivity index is 1.60. The maximum absolute atomic E-state index is 12.4. The van der Waals surface area contributed by atoms with E-state index in [0.717, 1.165) is 9.13 Å². The monoisotopic (exact) mass is 530 g/mol. The number of methoxy groups -OCH3 is 2. The number of amides is 1. The zero-order valence-electron chi connectivity index (χ0n) is 16.8. The molecule has 0 heterocycles. The van der Waals surface area contributed by atoms with Crippen LogP contribution >= 0.6 is 22.6 Å². The summed E-state index contributed by atoms with van der Waals surface area (Å²) in [5, 5.41) is 3.97. The second-order valence-electron chi connectivity index (χ2n) is 6.21. The van der Waals surface area contributed by atoms with Crippen molar-refractivity contribution in [2.75, 3.05) is 14.2 Å². The van der Waals surface area contributed by atoms with Gasteiger partial charge in [0.15, 0.2) is 11.5 Å². The van der Waals surface area contributed by atoms with Crippen molar-refractivity contribution in [1.29, 1.82) is 0 Å². The molecule has 1 N–H and O–H groups in total. The summed E-state index contributed by atoms with van der Waals surface area (Å²) in [6.45, 7) is 0. The zero-order chi connectivity index (χ0) is 22.2. The number of carbonyl (C=O) groups is 2. The number of rotatable bonds is 7. The molecule has 0 unspecified atom stereocenters. The molecule has 0 saturated carbocycles. The first-order chi connectivity index (χ1) is 15.0. The molecular weight excluding hydrogens is 511 g/mol. The minimum Gasteiger partial charge on any atom is -0.493 e. The first-order valence-corrected chi connectivity index (χ1v) is 10.2. The molecule has 7 nitrogen and oxygen atoms in total. The fourth-order valence-electron chi connectivity index (χ4n) is 2.62. The second kappa shape index (κ2) is 10.6. The van der Waals surface area contributed by atoms with Crippen molar-refractivity contribution in [2.24, 2.45) is 5.10 Å². The van der Waals surface area contributed by atoms with E-state index in [1.807, 2.05) is 12.1 Å². The molecule has 1 amide bonds. The van der Waals surface area contributed by atoms with Crippen LogP contribution in [-0.2, 0) is 0 Å². The van der Waals surface area contributed by atoms with Gasteiger partial charge in [0.25, 0.3) is 5.91 Å². The number of esters is 1. The first kappa shape index (κ1) is 22.3. The Morgan fingerprint density at radius 1 is 0.935 bits per heavy atom. The van der Waals surface area contributed by atoms with Gasteiger partial charge in [-0.05, 0) is 82.8 Å². The summed E-state index contributed by atoms with van der Waals surface area (Å²) in [5.41, 5.74) is 4.11. The van der Waals surface area contributed by atoms with Crippen LogP contribution in [0.15, 0.2) is 71.8 Å². The maximum Gasteiger partial charge on any atom is 0.343 e. The van der Waals surface area contributed by atoms with E-state index in [4.69, 9.17) is 14.2 Å². The van der Waals surface area contributed by atoms with E-state index in [1.165, 1.54) is 20.4 Å². The van der Waals surface area contributed by atoms with Crippen molar-refractivity contribution in [1.82, 2.24) is 5.43 Å². The van der Waals surface area contributed by atoms with E-state index >= 15 is 0 Å². The van der Waals surface area contributed by atoms with Crippen LogP contribution in [0.3, 0.4) is 0 Å². The third-order valence-corrected chi connectivity index (χ3v) is 5.15. The number of nitrogens with zero attached hydrogens (tertiary/aromatic N) is 1. The van der Waals surface area contributed by atoms with Crippen molar-refractivity contribution in [3.8, 4) is 17.2 Å². The van der Waals surface area contributed by atoms with Crippen molar-refractivity contribution < 1.29 is 23.8 Å². The van der Waals surface area contributed by atoms with Crippen LogP contribution < -0.4 is 19.6 Å². The Labute approximate surface area is 193 Å². The second-order valence-corrected chi connectivity index (χ2v) is 7.37. The number of benzene rings is 3. The predicted molar refractivity (Wildman–Crippen MR) is 125 cm³/mol. The van der Waals surface area contributed by atoms with Crippen molar-refractivity contribution in [2.45, 2.75) is 0 Å². The number of halogens is 1. The predicted octanol–water partition coefficient (Wildman–Crippen LogP) is 4.29. The molecule has 3 rings (SSSR count). The number of carbonyl (C=O) groups excluding carboxylic acids is 2. The Morgan fingerprint density at radius 3 is 2.32 bits per heavy atom. The lowest BCUT2D eigenvalue weighted by atomic mass is 10.2. The molecule has 0 aliphatic carbocycles. The van der Waals surface area contributed by atoms with Crippen LogP contribution in [0.25, 0.3) is 0 Å². The number of ether oxygens (including phenoxy) is 3. The van der Waals surface area contributed by atoms with Gasteiger partial charge in [-0.2, -0.15) is 5.10 Å². The zero-order valence-corrected chi connectivity index (χ0v) is 19.0. The number of nitrogens with one attached hydrogen (secondary N) is 1. The standard InChI is InChI=1S/C23H19IN2O5/c1-29-20-12-9-16(13-21(20)30-2)23(28)31-17-10-7-15(8-11-17)14-25-26-22(27)18-5-3-4-6-19(18)24/h3-14H,1-2H3,(H,26,27). The van der Waals surface area contributed by atoms with Crippen LogP contribution in [0.1, 0.15) is 26.3 Å². The van der Waals surface area contributed by atoms with E-state index in [-0.39, 0.29) is 5.91 Å². The third kappa shape index (κ3) is 5.82. The molecule has 0 atom stereocenters. The molecule has 0 spiro atoms. The van der Waals surface area contributed by atoms with Crippen LogP contribution in [0.5, 0.6) is 17.2 Å². The average molecular weight is 530 g/mol. The lowest BCUT2D eigenvalue weighted by Crippen LogP contribution is -2.18. The lowest BCUT2D eigenvalue weighted by molar-refractivity contribution is 0.0734. The molecule has 0 bridgehead atoms. The van der Waals surface area contributed by atoms with Gasteiger partial charge in [-0.15, -0.1) is 0 Å².